The maximum atomic E-state index is 4.93. The maximum absolute atomic E-state index is 4.93. The third-order valence-electron chi connectivity index (χ3n) is 5.18. The third kappa shape index (κ3) is 4.13. The van der Waals surface area contributed by atoms with Gasteiger partial charge in [-0.15, -0.1) is 0 Å². The zero-order valence-electron chi connectivity index (χ0n) is 17.8. The van der Waals surface area contributed by atoms with Gasteiger partial charge >= 0.3 is 0 Å². The summed E-state index contributed by atoms with van der Waals surface area (Å²) >= 11 is 0. The molecule has 154 valence electrons. The Morgan fingerprint density at radius 2 is 1.73 bits per heavy atom. The summed E-state index contributed by atoms with van der Waals surface area (Å²) in [6, 6.07) is 18.4. The van der Waals surface area contributed by atoms with E-state index in [-0.39, 0.29) is 0 Å². The van der Waals surface area contributed by atoms with Crippen LogP contribution in [0, 0.1) is 6.92 Å². The first-order valence-corrected chi connectivity index (χ1v) is 10.6. The van der Waals surface area contributed by atoms with E-state index in [9.17, 15) is 0 Å². The molecule has 0 spiro atoms. The van der Waals surface area contributed by atoms with Crippen molar-refractivity contribution in [2.24, 2.45) is 0 Å². The molecule has 0 bridgehead atoms. The molecular weight excluding hydrogens is 372 g/mol. The molecule has 6 nitrogen and oxygen atoms in total. The predicted molar refractivity (Wildman–Crippen MR) is 124 cm³/mol. The average Bonchev–Trinajstić information content (AvgIpc) is 3.21. The van der Waals surface area contributed by atoms with Gasteiger partial charge in [-0.2, -0.15) is 15.1 Å². The average molecular weight is 401 g/mol. The number of nitrogens with zero attached hydrogens (tertiary/aromatic N) is 5. The van der Waals surface area contributed by atoms with Gasteiger partial charge in [0.2, 0.25) is 5.95 Å². The molecule has 0 radical (unpaired) electrons. The molecule has 0 aliphatic heterocycles. The number of aromatic nitrogens is 4. The normalized spacial score (nSPS) is 11.0. The molecule has 0 aliphatic rings. The van der Waals surface area contributed by atoms with Gasteiger partial charge in [0.1, 0.15) is 5.82 Å². The molecule has 0 unspecified atom stereocenters. The van der Waals surface area contributed by atoms with Gasteiger partial charge in [0.05, 0.1) is 17.3 Å². The minimum atomic E-state index is 0.728. The summed E-state index contributed by atoms with van der Waals surface area (Å²) in [7, 11) is 0. The van der Waals surface area contributed by atoms with E-state index in [0.717, 1.165) is 60.1 Å². The first kappa shape index (κ1) is 19.9. The van der Waals surface area contributed by atoms with Gasteiger partial charge < -0.3 is 10.2 Å². The topological polar surface area (TPSA) is 58.9 Å². The molecule has 0 aliphatic carbocycles. The van der Waals surface area contributed by atoms with Crippen LogP contribution in [0.2, 0.25) is 0 Å². The molecule has 30 heavy (non-hydrogen) atoms. The highest BCUT2D eigenvalue weighted by atomic mass is 15.3. The van der Waals surface area contributed by atoms with Gasteiger partial charge in [-0.1, -0.05) is 49.2 Å². The van der Waals surface area contributed by atoms with Crippen LogP contribution in [0.1, 0.15) is 32.3 Å². The number of nitrogens with one attached hydrogen (secondary N) is 1. The van der Waals surface area contributed by atoms with Crippen molar-refractivity contribution >= 4 is 28.5 Å². The fourth-order valence-corrected chi connectivity index (χ4v) is 3.41. The number of benzene rings is 2. The number of para-hydroxylation sites is 1. The number of rotatable bonds is 8. The molecule has 2 aromatic heterocycles. The van der Waals surface area contributed by atoms with Crippen LogP contribution in [-0.4, -0.2) is 32.8 Å². The summed E-state index contributed by atoms with van der Waals surface area (Å²) in [5.74, 6) is 1.50. The molecule has 2 heterocycles. The first-order chi connectivity index (χ1) is 14.7. The molecule has 2 aromatic carbocycles. The number of hydrogen-bond donors (Lipinski definition) is 1. The Bertz CT molecular complexity index is 1100. The van der Waals surface area contributed by atoms with Crippen LogP contribution >= 0.6 is 0 Å². The molecule has 0 saturated carbocycles. The van der Waals surface area contributed by atoms with Crippen LogP contribution in [-0.2, 0) is 0 Å². The SMILES string of the molecule is CCCCN(CC)c1nc(Nc2ccc(C)cc2)c2cnn(-c3ccccc3)c2n1. The number of unbranched alkanes of at least 4 members (excludes halogenated alkanes) is 1. The number of anilines is 3. The van der Waals surface area contributed by atoms with Crippen molar-refractivity contribution in [2.75, 3.05) is 23.3 Å². The first-order valence-electron chi connectivity index (χ1n) is 10.6. The minimum Gasteiger partial charge on any atom is -0.341 e. The quantitative estimate of drug-likeness (QED) is 0.423. The summed E-state index contributed by atoms with van der Waals surface area (Å²) in [6.07, 6.45) is 4.08. The molecule has 6 heteroatoms. The Hall–Kier alpha value is -3.41. The molecule has 4 aromatic rings. The van der Waals surface area contributed by atoms with Gasteiger partial charge in [0.15, 0.2) is 5.65 Å². The third-order valence-corrected chi connectivity index (χ3v) is 5.18. The van der Waals surface area contributed by atoms with Gasteiger partial charge in [-0.25, -0.2) is 4.68 Å². The Morgan fingerprint density at radius 1 is 0.967 bits per heavy atom. The standard InChI is InChI=1S/C24H28N6/c1-4-6-16-29(5-2)24-27-22(26-19-14-12-18(3)13-15-19)21-17-25-30(23(21)28-24)20-10-8-7-9-11-20/h7-15,17H,4-6,16H2,1-3H3,(H,26,27,28). The number of hydrogen-bond acceptors (Lipinski definition) is 5. The second kappa shape index (κ2) is 8.95. The van der Waals surface area contributed by atoms with Crippen molar-refractivity contribution < 1.29 is 0 Å². The summed E-state index contributed by atoms with van der Waals surface area (Å²) in [6.45, 7) is 8.22. The lowest BCUT2D eigenvalue weighted by Crippen LogP contribution is -2.26. The van der Waals surface area contributed by atoms with Crippen LogP contribution < -0.4 is 10.2 Å². The molecule has 4 rings (SSSR count). The van der Waals surface area contributed by atoms with E-state index in [4.69, 9.17) is 9.97 Å². The second-order valence-corrected chi connectivity index (χ2v) is 7.43. The van der Waals surface area contributed by atoms with Crippen molar-refractivity contribution in [3.05, 3.63) is 66.4 Å². The van der Waals surface area contributed by atoms with Crippen LogP contribution in [0.15, 0.2) is 60.8 Å². The van der Waals surface area contributed by atoms with Crippen molar-refractivity contribution in [1.82, 2.24) is 19.7 Å². The van der Waals surface area contributed by atoms with Gasteiger partial charge in [-0.05, 0) is 44.5 Å². The lowest BCUT2D eigenvalue weighted by atomic mass is 10.2. The maximum Gasteiger partial charge on any atom is 0.229 e. The van der Waals surface area contributed by atoms with Crippen molar-refractivity contribution in [2.45, 2.75) is 33.6 Å². The van der Waals surface area contributed by atoms with E-state index in [0.29, 0.717) is 0 Å². The summed E-state index contributed by atoms with van der Waals surface area (Å²) in [5, 5.41) is 9.01. The van der Waals surface area contributed by atoms with E-state index in [1.807, 2.05) is 41.2 Å². The van der Waals surface area contributed by atoms with E-state index >= 15 is 0 Å². The molecule has 0 amide bonds. The summed E-state index contributed by atoms with van der Waals surface area (Å²) in [4.78, 5) is 12.1. The lowest BCUT2D eigenvalue weighted by Gasteiger charge is -2.21. The molecule has 1 N–H and O–H groups in total. The van der Waals surface area contributed by atoms with Crippen LogP contribution in [0.25, 0.3) is 16.7 Å². The van der Waals surface area contributed by atoms with Crippen LogP contribution in [0.4, 0.5) is 17.5 Å². The smallest absolute Gasteiger partial charge is 0.229 e. The molecule has 0 atom stereocenters. The monoisotopic (exact) mass is 400 g/mol. The molecular formula is C24H28N6. The lowest BCUT2D eigenvalue weighted by molar-refractivity contribution is 0.715. The van der Waals surface area contributed by atoms with Gasteiger partial charge in [0.25, 0.3) is 0 Å². The molecule has 0 saturated heterocycles. The highest BCUT2D eigenvalue weighted by molar-refractivity contribution is 5.90. The summed E-state index contributed by atoms with van der Waals surface area (Å²) < 4.78 is 1.88. The Labute approximate surface area is 177 Å². The highest BCUT2D eigenvalue weighted by Crippen LogP contribution is 2.28. The number of aryl methyl sites for hydroxylation is 1. The fraction of sp³-hybridized carbons (Fsp3) is 0.292. The Kier molecular flexibility index (Phi) is 5.93. The Balaban J connectivity index is 1.83. The van der Waals surface area contributed by atoms with E-state index in [2.05, 4.69) is 60.4 Å². The predicted octanol–water partition coefficient (Wildman–Crippen LogP) is 5.49. The highest BCUT2D eigenvalue weighted by Gasteiger charge is 2.17. The van der Waals surface area contributed by atoms with Crippen molar-refractivity contribution in [3.63, 3.8) is 0 Å². The van der Waals surface area contributed by atoms with E-state index in [1.165, 1.54) is 5.56 Å². The van der Waals surface area contributed by atoms with Crippen molar-refractivity contribution in [3.8, 4) is 5.69 Å². The molecule has 0 fully saturated rings. The van der Waals surface area contributed by atoms with Crippen molar-refractivity contribution in [1.29, 1.82) is 0 Å². The zero-order valence-corrected chi connectivity index (χ0v) is 17.8. The second-order valence-electron chi connectivity index (χ2n) is 7.43. The largest absolute Gasteiger partial charge is 0.341 e. The number of fused-ring (bicyclic) bond motifs is 1. The minimum absolute atomic E-state index is 0.728. The zero-order chi connectivity index (χ0) is 20.9. The summed E-state index contributed by atoms with van der Waals surface area (Å²) in [5.41, 5.74) is 4.00. The van der Waals surface area contributed by atoms with E-state index in [1.54, 1.807) is 0 Å². The van der Waals surface area contributed by atoms with Gasteiger partial charge in [-0.3, -0.25) is 0 Å². The van der Waals surface area contributed by atoms with Crippen LogP contribution in [0.3, 0.4) is 0 Å². The Morgan fingerprint density at radius 3 is 2.43 bits per heavy atom. The van der Waals surface area contributed by atoms with Crippen LogP contribution in [0.5, 0.6) is 0 Å². The van der Waals surface area contributed by atoms with Gasteiger partial charge in [0, 0.05) is 18.8 Å². The van der Waals surface area contributed by atoms with E-state index < -0.39 is 0 Å². The fourth-order valence-electron chi connectivity index (χ4n) is 3.41.